The van der Waals surface area contributed by atoms with Crippen LogP contribution < -0.4 is 10.6 Å². The lowest BCUT2D eigenvalue weighted by Crippen LogP contribution is -2.11. The van der Waals surface area contributed by atoms with E-state index in [-0.39, 0.29) is 6.61 Å². The van der Waals surface area contributed by atoms with Gasteiger partial charge in [0.25, 0.3) is 0 Å². The molecule has 94 valence electrons. The fourth-order valence-electron chi connectivity index (χ4n) is 1.03. The Morgan fingerprint density at radius 3 is 2.65 bits per heavy atom. The van der Waals surface area contributed by atoms with Gasteiger partial charge in [0.15, 0.2) is 6.61 Å². The van der Waals surface area contributed by atoms with Crippen molar-refractivity contribution in [2.75, 3.05) is 19.8 Å². The largest absolute Gasteiger partial charge is 0.490 e. The minimum Gasteiger partial charge on any atom is -0.490 e. The Bertz CT molecular complexity index is 354. The molecule has 0 spiro atoms. The van der Waals surface area contributed by atoms with Crippen LogP contribution in [0.4, 0.5) is 0 Å². The lowest BCUT2D eigenvalue weighted by molar-refractivity contribution is 0.103. The van der Waals surface area contributed by atoms with Crippen LogP contribution in [0.2, 0.25) is 5.02 Å². The molecule has 0 saturated carbocycles. The lowest BCUT2D eigenvalue weighted by Gasteiger charge is -2.05. The normalized spacial score (nSPS) is 11.4. The molecule has 5 nitrogen and oxygen atoms in total. The Morgan fingerprint density at radius 1 is 1.29 bits per heavy atom. The van der Waals surface area contributed by atoms with Crippen LogP contribution in [0.5, 0.6) is 5.75 Å². The second kappa shape index (κ2) is 7.89. The van der Waals surface area contributed by atoms with Crippen LogP contribution in [0.25, 0.3) is 0 Å². The molecular formula is C11H15ClN2O3. The molecule has 0 unspecified atom stereocenters. The minimum absolute atomic E-state index is 0.248. The maximum atomic E-state index is 5.74. The van der Waals surface area contributed by atoms with Gasteiger partial charge in [0, 0.05) is 5.02 Å². The fraction of sp³-hybridized carbons (Fsp3) is 0.364. The third-order valence-electron chi connectivity index (χ3n) is 1.77. The summed E-state index contributed by atoms with van der Waals surface area (Å²) in [5.41, 5.74) is 0.666. The van der Waals surface area contributed by atoms with Crippen molar-refractivity contribution in [3.63, 3.8) is 0 Å². The Morgan fingerprint density at radius 2 is 2.00 bits per heavy atom. The van der Waals surface area contributed by atoms with Gasteiger partial charge in [0.1, 0.15) is 19.0 Å². The zero-order chi connectivity index (χ0) is 12.5. The van der Waals surface area contributed by atoms with Crippen molar-refractivity contribution < 1.29 is 14.4 Å². The summed E-state index contributed by atoms with van der Waals surface area (Å²) in [7, 11) is 0. The summed E-state index contributed by atoms with van der Waals surface area (Å²) in [6, 6.07) is 7.11. The lowest BCUT2D eigenvalue weighted by atomic mass is 10.3. The van der Waals surface area contributed by atoms with E-state index in [4.69, 9.17) is 27.1 Å². The molecule has 0 aliphatic heterocycles. The molecule has 0 aromatic heterocycles. The van der Waals surface area contributed by atoms with Crippen LogP contribution in [0.1, 0.15) is 6.92 Å². The molecule has 0 radical (unpaired) electrons. The highest BCUT2D eigenvalue weighted by atomic mass is 35.5. The second-order valence-corrected chi connectivity index (χ2v) is 3.71. The summed E-state index contributed by atoms with van der Waals surface area (Å²) in [4.78, 5) is 9.38. The van der Waals surface area contributed by atoms with Crippen molar-refractivity contribution in [3.8, 4) is 5.75 Å². The van der Waals surface area contributed by atoms with Crippen molar-refractivity contribution in [1.82, 2.24) is 0 Å². The van der Waals surface area contributed by atoms with E-state index in [2.05, 4.69) is 9.99 Å². The van der Waals surface area contributed by atoms with Crippen molar-refractivity contribution in [1.29, 1.82) is 0 Å². The predicted molar refractivity (Wildman–Crippen MR) is 66.1 cm³/mol. The molecular weight excluding hydrogens is 244 g/mol. The number of oxime groups is 1. The van der Waals surface area contributed by atoms with Gasteiger partial charge in [-0.2, -0.15) is 0 Å². The average molecular weight is 259 g/mol. The van der Waals surface area contributed by atoms with Gasteiger partial charge >= 0.3 is 0 Å². The molecule has 0 atom stereocenters. The summed E-state index contributed by atoms with van der Waals surface area (Å²) < 4.78 is 5.39. The van der Waals surface area contributed by atoms with Crippen molar-refractivity contribution >= 4 is 17.3 Å². The number of halogens is 1. The van der Waals surface area contributed by atoms with Crippen molar-refractivity contribution in [2.45, 2.75) is 6.92 Å². The molecule has 6 heteroatoms. The molecule has 0 fully saturated rings. The van der Waals surface area contributed by atoms with Gasteiger partial charge in [0.05, 0.1) is 5.71 Å². The van der Waals surface area contributed by atoms with Gasteiger partial charge in [0.2, 0.25) is 0 Å². The quantitative estimate of drug-likeness (QED) is 0.462. The van der Waals surface area contributed by atoms with Crippen LogP contribution in [0.3, 0.4) is 0 Å². The van der Waals surface area contributed by atoms with Crippen LogP contribution in [-0.2, 0) is 9.68 Å². The number of nitrogens with zero attached hydrogens (tertiary/aromatic N) is 1. The maximum Gasteiger partial charge on any atom is 0.151 e. The first-order valence-corrected chi connectivity index (χ1v) is 5.45. The van der Waals surface area contributed by atoms with Gasteiger partial charge in [-0.15, -0.1) is 0 Å². The number of rotatable bonds is 7. The van der Waals surface area contributed by atoms with E-state index in [0.717, 1.165) is 5.75 Å². The van der Waals surface area contributed by atoms with Crippen LogP contribution in [0.15, 0.2) is 29.4 Å². The zero-order valence-corrected chi connectivity index (χ0v) is 10.3. The molecule has 0 aliphatic carbocycles. The minimum atomic E-state index is 0.248. The average Bonchev–Trinajstić information content (AvgIpc) is 2.31. The van der Waals surface area contributed by atoms with Crippen LogP contribution in [-0.4, -0.2) is 25.5 Å². The van der Waals surface area contributed by atoms with Crippen LogP contribution in [0, 0.1) is 0 Å². The van der Waals surface area contributed by atoms with E-state index in [0.29, 0.717) is 23.9 Å². The van der Waals surface area contributed by atoms with Crippen molar-refractivity contribution in [2.24, 2.45) is 11.1 Å². The Labute approximate surface area is 105 Å². The maximum absolute atomic E-state index is 5.74. The van der Waals surface area contributed by atoms with E-state index in [1.807, 2.05) is 0 Å². The molecule has 0 aliphatic rings. The third kappa shape index (κ3) is 6.11. The smallest absolute Gasteiger partial charge is 0.151 e. The number of hydrogen-bond acceptors (Lipinski definition) is 5. The molecule has 17 heavy (non-hydrogen) atoms. The molecule has 0 amide bonds. The van der Waals surface area contributed by atoms with E-state index >= 15 is 0 Å². The first kappa shape index (κ1) is 13.8. The highest BCUT2D eigenvalue weighted by Crippen LogP contribution is 2.15. The Kier molecular flexibility index (Phi) is 6.39. The number of benzene rings is 1. The van der Waals surface area contributed by atoms with E-state index in [1.165, 1.54) is 0 Å². The first-order valence-electron chi connectivity index (χ1n) is 5.08. The summed E-state index contributed by atoms with van der Waals surface area (Å²) in [5.74, 6) is 5.62. The summed E-state index contributed by atoms with van der Waals surface area (Å²) in [5, 5.41) is 4.45. The van der Waals surface area contributed by atoms with Gasteiger partial charge in [-0.05, 0) is 31.2 Å². The highest BCUT2D eigenvalue weighted by molar-refractivity contribution is 6.30. The summed E-state index contributed by atoms with van der Waals surface area (Å²) in [6.07, 6.45) is 0. The number of ether oxygens (including phenoxy) is 1. The van der Waals surface area contributed by atoms with Gasteiger partial charge in [-0.3, -0.25) is 4.84 Å². The molecule has 0 heterocycles. The third-order valence-corrected chi connectivity index (χ3v) is 2.02. The Hall–Kier alpha value is -1.30. The topological polar surface area (TPSA) is 66.1 Å². The van der Waals surface area contributed by atoms with E-state index < -0.39 is 0 Å². The van der Waals surface area contributed by atoms with Gasteiger partial charge in [-0.25, -0.2) is 5.90 Å². The number of hydrogen-bond donors (Lipinski definition) is 1. The zero-order valence-electron chi connectivity index (χ0n) is 9.56. The summed E-state index contributed by atoms with van der Waals surface area (Å²) >= 11 is 5.74. The van der Waals surface area contributed by atoms with E-state index in [9.17, 15) is 0 Å². The molecule has 1 aromatic carbocycles. The van der Waals surface area contributed by atoms with Crippen molar-refractivity contribution in [3.05, 3.63) is 29.3 Å². The monoisotopic (exact) mass is 258 g/mol. The number of nitrogens with two attached hydrogens (primary N) is 1. The molecule has 0 bridgehead atoms. The van der Waals surface area contributed by atoms with Crippen LogP contribution >= 0.6 is 11.6 Å². The van der Waals surface area contributed by atoms with Gasteiger partial charge in [-0.1, -0.05) is 16.8 Å². The SMILES string of the molecule is C/C(CON)=N\OCCOc1ccc(Cl)cc1. The Balaban J connectivity index is 2.16. The molecule has 1 rings (SSSR count). The van der Waals surface area contributed by atoms with E-state index in [1.54, 1.807) is 31.2 Å². The van der Waals surface area contributed by atoms with Gasteiger partial charge < -0.3 is 9.57 Å². The fourth-order valence-corrected chi connectivity index (χ4v) is 1.16. The predicted octanol–water partition coefficient (Wildman–Crippen LogP) is 2.00. The standard InChI is InChI=1S/C11H15ClN2O3/c1-9(8-16-13)14-17-7-6-15-11-4-2-10(12)3-5-11/h2-5H,6-8,13H2,1H3/b14-9+. The molecule has 2 N–H and O–H groups in total. The first-order chi connectivity index (χ1) is 8.22. The highest BCUT2D eigenvalue weighted by Gasteiger charge is 1.94. The molecule has 1 aromatic rings. The second-order valence-electron chi connectivity index (χ2n) is 3.27. The summed E-state index contributed by atoms with van der Waals surface area (Å²) in [6.45, 7) is 2.76. The molecule has 0 saturated heterocycles.